The monoisotopic (exact) mass is 148 g/mol. The molecular formula is C8H17Cl. The van der Waals surface area contributed by atoms with Crippen LogP contribution in [0.2, 0.25) is 0 Å². The van der Waals surface area contributed by atoms with Gasteiger partial charge in [0.2, 0.25) is 0 Å². The zero-order valence-corrected chi connectivity index (χ0v) is 7.25. The molecule has 9 heavy (non-hydrogen) atoms. The molecule has 0 heterocycles. The molecular weight excluding hydrogens is 132 g/mol. The molecule has 0 aromatic heterocycles. The highest BCUT2D eigenvalue weighted by Crippen LogP contribution is 1.60. The third-order valence-electron chi connectivity index (χ3n) is 0. The van der Waals surface area contributed by atoms with Crippen molar-refractivity contribution in [1.82, 2.24) is 0 Å². The second-order valence-corrected chi connectivity index (χ2v) is 0.463. The molecule has 0 saturated heterocycles. The molecule has 0 radical (unpaired) electrons. The largest absolute Gasteiger partial charge is 0.106 e. The van der Waals surface area contributed by atoms with Crippen LogP contribution in [0.15, 0.2) is 38.4 Å². The van der Waals surface area contributed by atoms with E-state index >= 15 is 0 Å². The van der Waals surface area contributed by atoms with Gasteiger partial charge in [-0.1, -0.05) is 32.0 Å². The standard InChI is InChI=1S/C2H3Cl.C2H6.2C2H4/c1-2-3;3*1-2/h2H,1H2;1-2H3;2*1-2H2. The highest BCUT2D eigenvalue weighted by molar-refractivity contribution is 6.25. The minimum Gasteiger partial charge on any atom is -0.106 e. The third-order valence-corrected chi connectivity index (χ3v) is 0. The second-order valence-electron chi connectivity index (χ2n) is 0.154. The van der Waals surface area contributed by atoms with E-state index in [4.69, 9.17) is 11.6 Å². The summed E-state index contributed by atoms with van der Waals surface area (Å²) in [5.74, 6) is 0. The molecule has 1 heteroatoms. The van der Waals surface area contributed by atoms with Gasteiger partial charge in [-0.05, 0) is 5.54 Å². The fraction of sp³-hybridized carbons (Fsp3) is 0.250. The molecule has 0 fully saturated rings. The topological polar surface area (TPSA) is 0 Å². The van der Waals surface area contributed by atoms with Gasteiger partial charge in [0, 0.05) is 0 Å². The van der Waals surface area contributed by atoms with Crippen molar-refractivity contribution in [3.63, 3.8) is 0 Å². The van der Waals surface area contributed by atoms with E-state index in [1.165, 1.54) is 5.54 Å². The van der Waals surface area contributed by atoms with E-state index in [0.717, 1.165) is 0 Å². The van der Waals surface area contributed by atoms with Crippen LogP contribution in [-0.2, 0) is 0 Å². The lowest BCUT2D eigenvalue weighted by molar-refractivity contribution is 1.50. The molecule has 0 spiro atoms. The Morgan fingerprint density at radius 1 is 1.00 bits per heavy atom. The van der Waals surface area contributed by atoms with E-state index in [1.807, 2.05) is 13.8 Å². The Balaban J connectivity index is -0.0000000190. The lowest BCUT2D eigenvalue weighted by Gasteiger charge is -1.27. The van der Waals surface area contributed by atoms with Crippen molar-refractivity contribution in [3.8, 4) is 0 Å². The second kappa shape index (κ2) is 1220. The number of hydrogen-bond acceptors (Lipinski definition) is 0. The Morgan fingerprint density at radius 2 is 1.00 bits per heavy atom. The zero-order chi connectivity index (χ0) is 8.71. The Labute approximate surface area is 64.5 Å². The predicted octanol–water partition coefficient (Wildman–Crippen LogP) is 4.00. The van der Waals surface area contributed by atoms with Crippen molar-refractivity contribution in [1.29, 1.82) is 0 Å². The van der Waals surface area contributed by atoms with Gasteiger partial charge in [-0.2, -0.15) is 0 Å². The van der Waals surface area contributed by atoms with Crippen LogP contribution >= 0.6 is 11.6 Å². The van der Waals surface area contributed by atoms with Crippen LogP contribution < -0.4 is 0 Å². The van der Waals surface area contributed by atoms with Gasteiger partial charge in [0.25, 0.3) is 0 Å². The summed E-state index contributed by atoms with van der Waals surface area (Å²) in [6.07, 6.45) is 0. The van der Waals surface area contributed by atoms with Gasteiger partial charge < -0.3 is 0 Å². The van der Waals surface area contributed by atoms with Crippen LogP contribution in [0, 0.1) is 0 Å². The van der Waals surface area contributed by atoms with Gasteiger partial charge in [0.05, 0.1) is 0 Å². The van der Waals surface area contributed by atoms with Crippen LogP contribution in [0.4, 0.5) is 0 Å². The number of rotatable bonds is 0. The molecule has 0 aromatic carbocycles. The summed E-state index contributed by atoms with van der Waals surface area (Å²) in [6.45, 7) is 19.1. The van der Waals surface area contributed by atoms with E-state index in [-0.39, 0.29) is 0 Å². The molecule has 56 valence electrons. The summed E-state index contributed by atoms with van der Waals surface area (Å²) < 4.78 is 0. The minimum absolute atomic E-state index is 1.22. The van der Waals surface area contributed by atoms with Gasteiger partial charge in [-0.3, -0.25) is 0 Å². The molecule has 0 saturated carbocycles. The Bertz CT molecular complexity index is 23.7. The fourth-order valence-corrected chi connectivity index (χ4v) is 0. The van der Waals surface area contributed by atoms with Crippen molar-refractivity contribution < 1.29 is 0 Å². The quantitative estimate of drug-likeness (QED) is 0.456. The lowest BCUT2D eigenvalue weighted by Crippen LogP contribution is -0.926. The number of halogens is 1. The minimum atomic E-state index is 1.22. The molecule has 0 rings (SSSR count). The smallest absolute Gasteiger partial charge is 0.00296 e. The van der Waals surface area contributed by atoms with Gasteiger partial charge in [0.1, 0.15) is 0 Å². The molecule has 0 aliphatic rings. The third kappa shape index (κ3) is 950. The van der Waals surface area contributed by atoms with Crippen molar-refractivity contribution in [3.05, 3.63) is 38.4 Å². The summed E-state index contributed by atoms with van der Waals surface area (Å²) in [5.41, 5.74) is 1.22. The first-order chi connectivity index (χ1) is 4.41. The van der Waals surface area contributed by atoms with Crippen molar-refractivity contribution >= 4 is 11.6 Å². The fourth-order valence-electron chi connectivity index (χ4n) is 0. The molecule has 0 nitrogen and oxygen atoms in total. The summed E-state index contributed by atoms with van der Waals surface area (Å²) in [6, 6.07) is 0. The maximum absolute atomic E-state index is 4.76. The molecule has 0 aliphatic heterocycles. The highest BCUT2D eigenvalue weighted by Gasteiger charge is 1.18. The van der Waals surface area contributed by atoms with Gasteiger partial charge in [-0.15, -0.1) is 26.3 Å². The van der Waals surface area contributed by atoms with Crippen molar-refractivity contribution in [2.24, 2.45) is 0 Å². The Kier molecular flexibility index (Phi) is 3210. The summed E-state index contributed by atoms with van der Waals surface area (Å²) >= 11 is 4.76. The molecule has 0 amide bonds. The van der Waals surface area contributed by atoms with Crippen LogP contribution in [0.25, 0.3) is 0 Å². The normalized spacial score (nSPS) is 3.00. The van der Waals surface area contributed by atoms with E-state index in [1.54, 1.807) is 0 Å². The Hall–Kier alpha value is -0.490. The summed E-state index contributed by atoms with van der Waals surface area (Å²) in [5, 5.41) is 0. The SMILES string of the molecule is C=C.C=C.C=CCl.CC. The van der Waals surface area contributed by atoms with Gasteiger partial charge in [0.15, 0.2) is 0 Å². The highest BCUT2D eigenvalue weighted by atomic mass is 35.5. The van der Waals surface area contributed by atoms with E-state index in [0.29, 0.717) is 0 Å². The molecule has 0 aliphatic carbocycles. The van der Waals surface area contributed by atoms with Crippen LogP contribution in [0.1, 0.15) is 13.8 Å². The Morgan fingerprint density at radius 3 is 1.00 bits per heavy atom. The zero-order valence-electron chi connectivity index (χ0n) is 6.49. The van der Waals surface area contributed by atoms with Gasteiger partial charge in [-0.25, -0.2) is 0 Å². The molecule has 0 N–H and O–H groups in total. The first kappa shape index (κ1) is 23.6. The average molecular weight is 149 g/mol. The maximum atomic E-state index is 4.76. The van der Waals surface area contributed by atoms with Gasteiger partial charge >= 0.3 is 0 Å². The molecule has 0 bridgehead atoms. The predicted molar refractivity (Wildman–Crippen MR) is 49.9 cm³/mol. The average Bonchev–Trinajstić information content (AvgIpc) is 2.01. The molecule has 0 aromatic rings. The number of hydrogen-bond donors (Lipinski definition) is 0. The molecule has 0 unspecified atom stereocenters. The van der Waals surface area contributed by atoms with E-state index < -0.39 is 0 Å². The maximum Gasteiger partial charge on any atom is -0.00296 e. The molecule has 0 atom stereocenters. The van der Waals surface area contributed by atoms with Crippen molar-refractivity contribution in [2.75, 3.05) is 0 Å². The van der Waals surface area contributed by atoms with E-state index in [9.17, 15) is 0 Å². The van der Waals surface area contributed by atoms with E-state index in [2.05, 4.69) is 32.9 Å². The van der Waals surface area contributed by atoms with Crippen LogP contribution in [0.5, 0.6) is 0 Å². The van der Waals surface area contributed by atoms with Crippen LogP contribution in [0.3, 0.4) is 0 Å². The first-order valence-corrected chi connectivity index (χ1v) is 3.06. The summed E-state index contributed by atoms with van der Waals surface area (Å²) in [7, 11) is 0. The van der Waals surface area contributed by atoms with Crippen LogP contribution in [-0.4, -0.2) is 0 Å². The van der Waals surface area contributed by atoms with Crippen molar-refractivity contribution in [2.45, 2.75) is 13.8 Å². The lowest BCUT2D eigenvalue weighted by atomic mass is 11.0. The summed E-state index contributed by atoms with van der Waals surface area (Å²) in [4.78, 5) is 0. The first-order valence-electron chi connectivity index (χ1n) is 2.63.